The SMILES string of the molecule is Cc1c(C(=O)N2CCN(CC(=O)Nc3ccccc3)CC2)cnn1-c1ccc(C(F)(F)F)cn1. The van der Waals surface area contributed by atoms with E-state index in [0.29, 0.717) is 37.4 Å². The Hall–Kier alpha value is -3.73. The number of rotatable bonds is 5. The lowest BCUT2D eigenvalue weighted by molar-refractivity contribution is -0.137. The molecule has 11 heteroatoms. The monoisotopic (exact) mass is 472 g/mol. The van der Waals surface area contributed by atoms with E-state index in [-0.39, 0.29) is 24.2 Å². The minimum atomic E-state index is -4.48. The Bertz CT molecular complexity index is 1150. The van der Waals surface area contributed by atoms with Gasteiger partial charge < -0.3 is 10.2 Å². The van der Waals surface area contributed by atoms with Gasteiger partial charge in [-0.05, 0) is 31.2 Å². The molecule has 0 bridgehead atoms. The molecule has 1 aromatic carbocycles. The number of benzene rings is 1. The zero-order chi connectivity index (χ0) is 24.3. The average Bonchev–Trinajstić information content (AvgIpc) is 3.20. The van der Waals surface area contributed by atoms with Crippen molar-refractivity contribution in [3.05, 3.63) is 71.7 Å². The van der Waals surface area contributed by atoms with Crippen molar-refractivity contribution >= 4 is 17.5 Å². The predicted octanol–water partition coefficient (Wildman–Crippen LogP) is 2.99. The van der Waals surface area contributed by atoms with E-state index in [9.17, 15) is 22.8 Å². The van der Waals surface area contributed by atoms with Crippen molar-refractivity contribution in [3.8, 4) is 5.82 Å². The van der Waals surface area contributed by atoms with Crippen molar-refractivity contribution < 1.29 is 22.8 Å². The lowest BCUT2D eigenvalue weighted by Crippen LogP contribution is -2.50. The number of halogens is 3. The van der Waals surface area contributed by atoms with Crippen molar-refractivity contribution in [2.24, 2.45) is 0 Å². The fraction of sp³-hybridized carbons (Fsp3) is 0.304. The lowest BCUT2D eigenvalue weighted by Gasteiger charge is -2.34. The molecule has 1 saturated heterocycles. The summed E-state index contributed by atoms with van der Waals surface area (Å²) in [6.07, 6.45) is -2.34. The van der Waals surface area contributed by atoms with Gasteiger partial charge in [-0.3, -0.25) is 14.5 Å². The topological polar surface area (TPSA) is 83.4 Å². The number of nitrogens with zero attached hydrogens (tertiary/aromatic N) is 5. The number of piperazine rings is 1. The summed E-state index contributed by atoms with van der Waals surface area (Å²) in [6.45, 7) is 3.88. The van der Waals surface area contributed by atoms with Gasteiger partial charge in [0, 0.05) is 38.1 Å². The van der Waals surface area contributed by atoms with E-state index in [2.05, 4.69) is 15.4 Å². The molecule has 3 aromatic rings. The second kappa shape index (κ2) is 9.64. The molecule has 1 aliphatic heterocycles. The van der Waals surface area contributed by atoms with Crippen LogP contribution in [0, 0.1) is 6.92 Å². The Labute approximate surface area is 194 Å². The molecule has 0 atom stereocenters. The fourth-order valence-corrected chi connectivity index (χ4v) is 3.73. The maximum atomic E-state index is 13.0. The van der Waals surface area contributed by atoms with Gasteiger partial charge in [0.25, 0.3) is 5.91 Å². The van der Waals surface area contributed by atoms with Crippen LogP contribution in [0.1, 0.15) is 21.6 Å². The highest BCUT2D eigenvalue weighted by Crippen LogP contribution is 2.29. The molecule has 0 aliphatic carbocycles. The van der Waals surface area contributed by atoms with Crippen LogP contribution in [-0.2, 0) is 11.0 Å². The Kier molecular flexibility index (Phi) is 6.64. The number of amides is 2. The molecule has 34 heavy (non-hydrogen) atoms. The summed E-state index contributed by atoms with van der Waals surface area (Å²) < 4.78 is 39.7. The maximum Gasteiger partial charge on any atom is 0.417 e. The van der Waals surface area contributed by atoms with Gasteiger partial charge in [0.1, 0.15) is 0 Å². The summed E-state index contributed by atoms with van der Waals surface area (Å²) in [7, 11) is 0. The summed E-state index contributed by atoms with van der Waals surface area (Å²) in [4.78, 5) is 32.8. The zero-order valence-corrected chi connectivity index (χ0v) is 18.4. The zero-order valence-electron chi connectivity index (χ0n) is 18.4. The first-order valence-corrected chi connectivity index (χ1v) is 10.7. The second-order valence-electron chi connectivity index (χ2n) is 7.94. The Morgan fingerprint density at radius 2 is 1.71 bits per heavy atom. The molecule has 4 rings (SSSR count). The second-order valence-corrected chi connectivity index (χ2v) is 7.94. The highest BCUT2D eigenvalue weighted by atomic mass is 19.4. The van der Waals surface area contributed by atoms with E-state index in [0.717, 1.165) is 18.0 Å². The van der Waals surface area contributed by atoms with Crippen LogP contribution in [0.4, 0.5) is 18.9 Å². The number of anilines is 1. The maximum absolute atomic E-state index is 13.0. The quantitative estimate of drug-likeness (QED) is 0.618. The molecule has 8 nitrogen and oxygen atoms in total. The number of hydrogen-bond donors (Lipinski definition) is 1. The highest BCUT2D eigenvalue weighted by Gasteiger charge is 2.31. The first-order chi connectivity index (χ1) is 16.2. The predicted molar refractivity (Wildman–Crippen MR) is 119 cm³/mol. The van der Waals surface area contributed by atoms with Gasteiger partial charge in [-0.25, -0.2) is 9.67 Å². The number of hydrogen-bond acceptors (Lipinski definition) is 5. The van der Waals surface area contributed by atoms with Gasteiger partial charge in [0.05, 0.1) is 29.6 Å². The highest BCUT2D eigenvalue weighted by molar-refractivity contribution is 5.95. The fourth-order valence-electron chi connectivity index (χ4n) is 3.73. The van der Waals surface area contributed by atoms with Crippen molar-refractivity contribution in [1.29, 1.82) is 0 Å². The molecule has 0 radical (unpaired) electrons. The Morgan fingerprint density at radius 1 is 1.00 bits per heavy atom. The summed E-state index contributed by atoms with van der Waals surface area (Å²) in [5, 5.41) is 7.00. The molecular formula is C23H23F3N6O2. The minimum absolute atomic E-state index is 0.118. The molecule has 3 heterocycles. The molecule has 178 valence electrons. The summed E-state index contributed by atoms with van der Waals surface area (Å²) in [5.74, 6) is -0.144. The number of nitrogens with one attached hydrogen (secondary N) is 1. The molecule has 1 N–H and O–H groups in total. The van der Waals surface area contributed by atoms with Gasteiger partial charge >= 0.3 is 6.18 Å². The number of carbonyl (C=O) groups excluding carboxylic acids is 2. The third kappa shape index (κ3) is 5.25. The summed E-state index contributed by atoms with van der Waals surface area (Å²) in [6, 6.07) is 11.3. The Balaban J connectivity index is 1.34. The van der Waals surface area contributed by atoms with Crippen LogP contribution in [0.15, 0.2) is 54.9 Å². The van der Waals surface area contributed by atoms with E-state index in [1.165, 1.54) is 16.9 Å². The average molecular weight is 472 g/mol. The molecule has 0 unspecified atom stereocenters. The first kappa shape index (κ1) is 23.4. The van der Waals surface area contributed by atoms with E-state index in [1.807, 2.05) is 35.2 Å². The number of para-hydroxylation sites is 1. The third-order valence-corrected chi connectivity index (χ3v) is 5.62. The molecule has 2 aromatic heterocycles. The van der Waals surface area contributed by atoms with Gasteiger partial charge in [0.2, 0.25) is 5.91 Å². The number of aromatic nitrogens is 3. The largest absolute Gasteiger partial charge is 0.417 e. The van der Waals surface area contributed by atoms with Crippen molar-refractivity contribution in [2.75, 3.05) is 38.0 Å². The number of pyridine rings is 1. The van der Waals surface area contributed by atoms with Crippen LogP contribution in [0.3, 0.4) is 0 Å². The van der Waals surface area contributed by atoms with Crippen molar-refractivity contribution in [2.45, 2.75) is 13.1 Å². The molecule has 2 amide bonds. The summed E-state index contributed by atoms with van der Waals surface area (Å²) in [5.41, 5.74) is 0.725. The molecule has 0 spiro atoms. The molecule has 1 fully saturated rings. The normalized spacial score (nSPS) is 14.8. The standard InChI is InChI=1S/C23H23F3N6O2/c1-16-19(14-28-32(16)20-8-7-17(13-27-20)23(24,25)26)22(34)31-11-9-30(10-12-31)15-21(33)29-18-5-3-2-4-6-18/h2-8,13-14H,9-12,15H2,1H3,(H,29,33). The van der Waals surface area contributed by atoms with Gasteiger partial charge in [-0.1, -0.05) is 18.2 Å². The van der Waals surface area contributed by atoms with E-state index in [1.54, 1.807) is 11.8 Å². The van der Waals surface area contributed by atoms with Crippen LogP contribution in [0.25, 0.3) is 5.82 Å². The van der Waals surface area contributed by atoms with Crippen LogP contribution >= 0.6 is 0 Å². The molecule has 1 aliphatic rings. The number of alkyl halides is 3. The van der Waals surface area contributed by atoms with Gasteiger partial charge in [0.15, 0.2) is 5.82 Å². The third-order valence-electron chi connectivity index (χ3n) is 5.62. The Morgan fingerprint density at radius 3 is 2.32 bits per heavy atom. The van der Waals surface area contributed by atoms with E-state index < -0.39 is 11.7 Å². The van der Waals surface area contributed by atoms with Crippen LogP contribution in [0.2, 0.25) is 0 Å². The van der Waals surface area contributed by atoms with Crippen LogP contribution in [-0.4, -0.2) is 69.1 Å². The van der Waals surface area contributed by atoms with Crippen LogP contribution < -0.4 is 5.32 Å². The van der Waals surface area contributed by atoms with Gasteiger partial charge in [-0.15, -0.1) is 0 Å². The van der Waals surface area contributed by atoms with Crippen molar-refractivity contribution in [1.82, 2.24) is 24.6 Å². The lowest BCUT2D eigenvalue weighted by atomic mass is 10.2. The summed E-state index contributed by atoms with van der Waals surface area (Å²) >= 11 is 0. The van der Waals surface area contributed by atoms with Gasteiger partial charge in [-0.2, -0.15) is 18.3 Å². The van der Waals surface area contributed by atoms with E-state index in [4.69, 9.17) is 0 Å². The molecular weight excluding hydrogens is 449 g/mol. The smallest absolute Gasteiger partial charge is 0.336 e. The number of carbonyl (C=O) groups is 2. The van der Waals surface area contributed by atoms with Crippen molar-refractivity contribution in [3.63, 3.8) is 0 Å². The van der Waals surface area contributed by atoms with E-state index >= 15 is 0 Å². The minimum Gasteiger partial charge on any atom is -0.336 e. The van der Waals surface area contributed by atoms with Crippen LogP contribution in [0.5, 0.6) is 0 Å². The molecule has 0 saturated carbocycles. The first-order valence-electron chi connectivity index (χ1n) is 10.7.